The highest BCUT2D eigenvalue weighted by molar-refractivity contribution is 5.95. The van der Waals surface area contributed by atoms with E-state index in [2.05, 4.69) is 5.16 Å². The summed E-state index contributed by atoms with van der Waals surface area (Å²) in [7, 11) is 0. The van der Waals surface area contributed by atoms with Crippen molar-refractivity contribution in [1.29, 1.82) is 0 Å². The number of hydrogen-bond donors (Lipinski definition) is 2. The van der Waals surface area contributed by atoms with Gasteiger partial charge in [-0.25, -0.2) is 0 Å². The van der Waals surface area contributed by atoms with Crippen molar-refractivity contribution in [2.45, 2.75) is 25.6 Å². The van der Waals surface area contributed by atoms with Crippen LogP contribution in [0.4, 0.5) is 13.2 Å². The van der Waals surface area contributed by atoms with Gasteiger partial charge in [-0.05, 0) is 18.6 Å². The first kappa shape index (κ1) is 12.4. The van der Waals surface area contributed by atoms with Crippen molar-refractivity contribution < 1.29 is 18.4 Å². The van der Waals surface area contributed by atoms with Gasteiger partial charge in [0.05, 0.1) is 5.69 Å². The minimum absolute atomic E-state index is 0.0378. The highest BCUT2D eigenvalue weighted by Crippen LogP contribution is 2.21. The van der Waals surface area contributed by atoms with Crippen LogP contribution >= 0.6 is 0 Å². The summed E-state index contributed by atoms with van der Waals surface area (Å²) in [5.41, 5.74) is 5.76. The van der Waals surface area contributed by atoms with Gasteiger partial charge >= 0.3 is 6.18 Å². The zero-order chi connectivity index (χ0) is 12.2. The minimum atomic E-state index is -4.15. The summed E-state index contributed by atoms with van der Waals surface area (Å²) in [5, 5.41) is 11.3. The Morgan fingerprint density at radius 3 is 2.75 bits per heavy atom. The third-order valence-corrected chi connectivity index (χ3v) is 2.06. The molecule has 1 aromatic heterocycles. The fourth-order valence-electron chi connectivity index (χ4n) is 1.34. The van der Waals surface area contributed by atoms with Gasteiger partial charge in [0.25, 0.3) is 0 Å². The first-order valence-electron chi connectivity index (χ1n) is 4.64. The Bertz CT molecular complexity index is 370. The van der Waals surface area contributed by atoms with Gasteiger partial charge < -0.3 is 15.5 Å². The highest BCUT2D eigenvalue weighted by atomic mass is 19.4. The molecule has 0 unspecified atom stereocenters. The van der Waals surface area contributed by atoms with E-state index in [1.54, 1.807) is 18.3 Å². The van der Waals surface area contributed by atoms with Gasteiger partial charge in [0.15, 0.2) is 5.84 Å². The maximum absolute atomic E-state index is 11.9. The molecule has 0 radical (unpaired) electrons. The smallest absolute Gasteiger partial charge is 0.389 e. The van der Waals surface area contributed by atoms with E-state index < -0.39 is 12.6 Å². The van der Waals surface area contributed by atoms with Crippen molar-refractivity contribution in [3.05, 3.63) is 24.0 Å². The third-order valence-electron chi connectivity index (χ3n) is 2.06. The molecule has 7 heteroatoms. The van der Waals surface area contributed by atoms with Crippen LogP contribution < -0.4 is 5.73 Å². The van der Waals surface area contributed by atoms with Crippen LogP contribution in [-0.2, 0) is 6.54 Å². The Hall–Kier alpha value is -1.66. The van der Waals surface area contributed by atoms with E-state index in [0.29, 0.717) is 5.69 Å². The molecule has 0 aromatic carbocycles. The van der Waals surface area contributed by atoms with Crippen molar-refractivity contribution in [3.63, 3.8) is 0 Å². The quantitative estimate of drug-likeness (QED) is 0.362. The molecule has 0 saturated heterocycles. The predicted octanol–water partition coefficient (Wildman–Crippen LogP) is 1.93. The Morgan fingerprint density at radius 1 is 1.50 bits per heavy atom. The molecule has 1 rings (SSSR count). The average molecular weight is 235 g/mol. The van der Waals surface area contributed by atoms with Crippen LogP contribution in [0.25, 0.3) is 0 Å². The van der Waals surface area contributed by atoms with Crippen molar-refractivity contribution in [1.82, 2.24) is 4.57 Å². The van der Waals surface area contributed by atoms with Crippen LogP contribution in [0, 0.1) is 0 Å². The lowest BCUT2D eigenvalue weighted by Gasteiger charge is -2.09. The molecule has 0 fully saturated rings. The largest absolute Gasteiger partial charge is 0.409 e. The topological polar surface area (TPSA) is 63.5 Å². The summed E-state index contributed by atoms with van der Waals surface area (Å²) in [5.74, 6) is -0.114. The van der Waals surface area contributed by atoms with Gasteiger partial charge in [0.1, 0.15) is 0 Å². The van der Waals surface area contributed by atoms with Crippen LogP contribution in [0.2, 0.25) is 0 Å². The predicted molar refractivity (Wildman–Crippen MR) is 52.2 cm³/mol. The summed E-state index contributed by atoms with van der Waals surface area (Å²) in [6, 6.07) is 3.20. The number of alkyl halides is 3. The number of amidine groups is 1. The molecule has 0 atom stereocenters. The van der Waals surface area contributed by atoms with Gasteiger partial charge in [-0.15, -0.1) is 0 Å². The molecule has 4 nitrogen and oxygen atoms in total. The molecule has 1 aromatic rings. The van der Waals surface area contributed by atoms with Gasteiger partial charge in [0.2, 0.25) is 0 Å². The van der Waals surface area contributed by atoms with Crippen LogP contribution in [0.1, 0.15) is 18.5 Å². The Labute approximate surface area is 90.2 Å². The van der Waals surface area contributed by atoms with Crippen molar-refractivity contribution in [2.24, 2.45) is 10.9 Å². The van der Waals surface area contributed by atoms with E-state index in [4.69, 9.17) is 10.9 Å². The number of nitrogens with two attached hydrogens (primary N) is 1. The maximum Gasteiger partial charge on any atom is 0.389 e. The van der Waals surface area contributed by atoms with E-state index in [1.807, 2.05) is 0 Å². The van der Waals surface area contributed by atoms with E-state index in [-0.39, 0.29) is 18.8 Å². The average Bonchev–Trinajstić information content (AvgIpc) is 2.63. The summed E-state index contributed by atoms with van der Waals surface area (Å²) >= 11 is 0. The number of nitrogens with zero attached hydrogens (tertiary/aromatic N) is 2. The molecule has 0 aliphatic carbocycles. The minimum Gasteiger partial charge on any atom is -0.409 e. The lowest BCUT2D eigenvalue weighted by atomic mass is 10.3. The lowest BCUT2D eigenvalue weighted by molar-refractivity contribution is -0.135. The van der Waals surface area contributed by atoms with Crippen LogP contribution in [0.3, 0.4) is 0 Å². The normalized spacial score (nSPS) is 13.1. The summed E-state index contributed by atoms with van der Waals surface area (Å²) in [6.07, 6.45) is -3.45. The second-order valence-electron chi connectivity index (χ2n) is 3.29. The molecule has 0 spiro atoms. The standard InChI is InChI=1S/C9H12F3N3O/c10-9(11,12)4-2-6-15-5-1-3-7(15)8(13)14-16/h1,3,5,16H,2,4,6H2,(H2,13,14). The molecule has 0 aliphatic rings. The summed E-state index contributed by atoms with van der Waals surface area (Å²) in [4.78, 5) is 0. The summed E-state index contributed by atoms with van der Waals surface area (Å²) < 4.78 is 37.3. The van der Waals surface area contributed by atoms with Crippen LogP contribution in [0.5, 0.6) is 0 Å². The zero-order valence-corrected chi connectivity index (χ0v) is 8.41. The van der Waals surface area contributed by atoms with Gasteiger partial charge in [0, 0.05) is 19.2 Å². The van der Waals surface area contributed by atoms with Gasteiger partial charge in [-0.2, -0.15) is 13.2 Å². The molecular weight excluding hydrogens is 223 g/mol. The molecule has 90 valence electrons. The first-order chi connectivity index (χ1) is 7.44. The molecule has 0 bridgehead atoms. The number of rotatable bonds is 4. The van der Waals surface area contributed by atoms with E-state index in [9.17, 15) is 13.2 Å². The Kier molecular flexibility index (Phi) is 3.81. The number of hydrogen-bond acceptors (Lipinski definition) is 2. The van der Waals surface area contributed by atoms with Gasteiger partial charge in [-0.1, -0.05) is 5.16 Å². The van der Waals surface area contributed by atoms with Crippen LogP contribution in [-0.4, -0.2) is 21.8 Å². The fraction of sp³-hybridized carbons (Fsp3) is 0.444. The molecule has 0 amide bonds. The Morgan fingerprint density at radius 2 is 2.19 bits per heavy atom. The first-order valence-corrected chi connectivity index (χ1v) is 4.64. The molecule has 3 N–H and O–H groups in total. The van der Waals surface area contributed by atoms with Crippen molar-refractivity contribution in [2.75, 3.05) is 0 Å². The van der Waals surface area contributed by atoms with Crippen molar-refractivity contribution in [3.8, 4) is 0 Å². The molecule has 0 aliphatic heterocycles. The Balaban J connectivity index is 2.58. The third kappa shape index (κ3) is 3.48. The zero-order valence-electron chi connectivity index (χ0n) is 8.41. The molecule has 1 heterocycles. The number of oxime groups is 1. The van der Waals surface area contributed by atoms with E-state index in [0.717, 1.165) is 0 Å². The number of aromatic nitrogens is 1. The highest BCUT2D eigenvalue weighted by Gasteiger charge is 2.26. The molecular formula is C9H12F3N3O. The van der Waals surface area contributed by atoms with E-state index in [1.165, 1.54) is 4.57 Å². The number of halogens is 3. The lowest BCUT2D eigenvalue weighted by Crippen LogP contribution is -2.18. The number of aryl methyl sites for hydroxylation is 1. The van der Waals surface area contributed by atoms with Crippen LogP contribution in [0.15, 0.2) is 23.5 Å². The summed E-state index contributed by atoms with van der Waals surface area (Å²) in [6.45, 7) is 0.179. The second-order valence-corrected chi connectivity index (χ2v) is 3.29. The maximum atomic E-state index is 11.9. The fourth-order valence-corrected chi connectivity index (χ4v) is 1.34. The monoisotopic (exact) mass is 235 g/mol. The van der Waals surface area contributed by atoms with Gasteiger partial charge in [-0.3, -0.25) is 0 Å². The van der Waals surface area contributed by atoms with E-state index >= 15 is 0 Å². The van der Waals surface area contributed by atoms with Crippen molar-refractivity contribution >= 4 is 5.84 Å². The molecule has 16 heavy (non-hydrogen) atoms. The SMILES string of the molecule is N/C(=N/O)c1cccn1CCCC(F)(F)F. The molecule has 0 saturated carbocycles. The second kappa shape index (κ2) is 4.91.